The van der Waals surface area contributed by atoms with Crippen LogP contribution in [0.1, 0.15) is 17.3 Å². The molecule has 0 amide bonds. The first-order valence-electron chi connectivity index (χ1n) is 5.54. The Morgan fingerprint density at radius 1 is 1.16 bits per heavy atom. The summed E-state index contributed by atoms with van der Waals surface area (Å²) < 4.78 is 14.7. The van der Waals surface area contributed by atoms with Crippen molar-refractivity contribution >= 4 is 5.91 Å². The molecule has 0 N–H and O–H groups in total. The van der Waals surface area contributed by atoms with Crippen LogP contribution in [0, 0.1) is 12.7 Å². The minimum absolute atomic E-state index is 0.218. The van der Waals surface area contributed by atoms with E-state index in [0.29, 0.717) is 15.3 Å². The van der Waals surface area contributed by atoms with Gasteiger partial charge in [-0.15, -0.1) is 0 Å². The fourth-order valence-electron chi connectivity index (χ4n) is 1.67. The van der Waals surface area contributed by atoms with Crippen LogP contribution < -0.4 is 11.2 Å². The summed E-state index contributed by atoms with van der Waals surface area (Å²) in [6.45, 7) is 2.96. The van der Waals surface area contributed by atoms with Crippen LogP contribution in [0.5, 0.6) is 0 Å². The molecule has 19 heavy (non-hydrogen) atoms. The minimum Gasteiger partial charge on any atom is -0.274 e. The number of carbonyl (C=O) groups excluding carboxylic acids is 1. The van der Waals surface area contributed by atoms with E-state index in [0.717, 1.165) is 12.5 Å². The highest BCUT2D eigenvalue weighted by molar-refractivity contribution is 5.75. The molecule has 6 heteroatoms. The van der Waals surface area contributed by atoms with Crippen molar-refractivity contribution in [3.8, 4) is 5.69 Å². The van der Waals surface area contributed by atoms with Gasteiger partial charge in [-0.05, 0) is 19.1 Å². The molecule has 5 nitrogen and oxygen atoms in total. The lowest BCUT2D eigenvalue weighted by molar-refractivity contribution is 0.0927. The largest absolute Gasteiger partial charge is 0.342 e. The maximum absolute atomic E-state index is 13.5. The maximum atomic E-state index is 13.5. The average molecular weight is 262 g/mol. The number of aryl methyl sites for hydroxylation is 1. The molecule has 0 fully saturated rings. The van der Waals surface area contributed by atoms with E-state index in [-0.39, 0.29) is 5.69 Å². The van der Waals surface area contributed by atoms with E-state index in [1.54, 1.807) is 12.1 Å². The minimum atomic E-state index is -1.16. The van der Waals surface area contributed by atoms with Crippen molar-refractivity contribution in [1.29, 1.82) is 0 Å². The van der Waals surface area contributed by atoms with Crippen molar-refractivity contribution in [3.05, 3.63) is 62.7 Å². The molecule has 0 aliphatic rings. The van der Waals surface area contributed by atoms with E-state index < -0.39 is 23.0 Å². The van der Waals surface area contributed by atoms with Gasteiger partial charge in [-0.3, -0.25) is 9.59 Å². The molecule has 0 atom stereocenters. The lowest BCUT2D eigenvalue weighted by Gasteiger charge is -2.08. The predicted octanol–water partition coefficient (Wildman–Crippen LogP) is 1.11. The first kappa shape index (κ1) is 12.9. The Hall–Kier alpha value is -2.50. The Morgan fingerprint density at radius 2 is 1.74 bits per heavy atom. The van der Waals surface area contributed by atoms with Gasteiger partial charge in [0.25, 0.3) is 5.56 Å². The quantitative estimate of drug-likeness (QED) is 0.773. The van der Waals surface area contributed by atoms with Crippen LogP contribution in [0.2, 0.25) is 0 Å². The van der Waals surface area contributed by atoms with Crippen molar-refractivity contribution in [3.63, 3.8) is 0 Å². The second-order valence-corrected chi connectivity index (χ2v) is 4.12. The van der Waals surface area contributed by atoms with Gasteiger partial charge in [-0.2, -0.15) is 4.39 Å². The van der Waals surface area contributed by atoms with Gasteiger partial charge in [0, 0.05) is 6.92 Å². The lowest BCUT2D eigenvalue weighted by Crippen LogP contribution is -2.41. The van der Waals surface area contributed by atoms with Gasteiger partial charge in [0.15, 0.2) is 0 Å². The zero-order chi connectivity index (χ0) is 14.2. The Kier molecular flexibility index (Phi) is 3.16. The van der Waals surface area contributed by atoms with Gasteiger partial charge in [-0.25, -0.2) is 13.9 Å². The van der Waals surface area contributed by atoms with Gasteiger partial charge in [0.2, 0.25) is 11.7 Å². The lowest BCUT2D eigenvalue weighted by atomic mass is 10.2. The van der Waals surface area contributed by atoms with E-state index in [1.807, 2.05) is 6.92 Å². The highest BCUT2D eigenvalue weighted by Crippen LogP contribution is 2.05. The average Bonchev–Trinajstić information content (AvgIpc) is 2.36. The molecular formula is C13H11FN2O3. The van der Waals surface area contributed by atoms with E-state index in [2.05, 4.69) is 0 Å². The number of rotatable bonds is 1. The molecule has 0 spiro atoms. The third-order valence-electron chi connectivity index (χ3n) is 2.68. The summed E-state index contributed by atoms with van der Waals surface area (Å²) in [6.07, 6.45) is 0.609. The van der Waals surface area contributed by atoms with Crippen molar-refractivity contribution in [2.24, 2.45) is 0 Å². The Labute approximate surface area is 107 Å². The monoisotopic (exact) mass is 262 g/mol. The van der Waals surface area contributed by atoms with Crippen molar-refractivity contribution in [2.75, 3.05) is 0 Å². The molecule has 0 aliphatic heterocycles. The summed E-state index contributed by atoms with van der Waals surface area (Å²) in [4.78, 5) is 35.0. The number of nitrogens with zero attached hydrogens (tertiary/aromatic N) is 2. The third-order valence-corrected chi connectivity index (χ3v) is 2.68. The molecule has 0 aliphatic carbocycles. The molecule has 0 unspecified atom stereocenters. The summed E-state index contributed by atoms with van der Waals surface area (Å²) in [5, 5.41) is 0. The summed E-state index contributed by atoms with van der Waals surface area (Å²) in [5.74, 6) is -1.82. The Morgan fingerprint density at radius 3 is 2.26 bits per heavy atom. The van der Waals surface area contributed by atoms with E-state index >= 15 is 0 Å². The molecule has 0 bridgehead atoms. The van der Waals surface area contributed by atoms with Crippen molar-refractivity contribution in [2.45, 2.75) is 13.8 Å². The number of benzene rings is 1. The second-order valence-electron chi connectivity index (χ2n) is 4.12. The van der Waals surface area contributed by atoms with Crippen LogP contribution in [-0.2, 0) is 0 Å². The third kappa shape index (κ3) is 2.24. The number of carbonyl (C=O) groups is 1. The van der Waals surface area contributed by atoms with E-state index in [1.165, 1.54) is 12.1 Å². The summed E-state index contributed by atoms with van der Waals surface area (Å²) >= 11 is 0. The maximum Gasteiger partial charge on any atom is 0.342 e. The van der Waals surface area contributed by atoms with Gasteiger partial charge in [0.1, 0.15) is 0 Å². The van der Waals surface area contributed by atoms with Gasteiger partial charge in [0.05, 0.1) is 11.9 Å². The topological polar surface area (TPSA) is 61.1 Å². The summed E-state index contributed by atoms with van der Waals surface area (Å²) in [7, 11) is 0. The Balaban J connectivity index is 2.83. The molecule has 0 saturated heterocycles. The standard InChI is InChI=1S/C13H11FN2O3/c1-8-3-5-10(6-4-8)16-12(18)11(14)7-15(9(2)17)13(16)19/h3-7H,1-2H3. The van der Waals surface area contributed by atoms with Crippen molar-refractivity contribution < 1.29 is 9.18 Å². The van der Waals surface area contributed by atoms with Crippen LogP contribution in [0.25, 0.3) is 5.69 Å². The normalized spacial score (nSPS) is 10.5. The number of hydrogen-bond donors (Lipinski definition) is 0. The highest BCUT2D eigenvalue weighted by Gasteiger charge is 2.14. The zero-order valence-corrected chi connectivity index (χ0v) is 10.4. The fourth-order valence-corrected chi connectivity index (χ4v) is 1.67. The number of aromatic nitrogens is 2. The molecule has 2 rings (SSSR count). The van der Waals surface area contributed by atoms with E-state index in [9.17, 15) is 18.8 Å². The molecule has 0 radical (unpaired) electrons. The smallest absolute Gasteiger partial charge is 0.274 e. The number of halogens is 1. The predicted molar refractivity (Wildman–Crippen MR) is 67.3 cm³/mol. The van der Waals surface area contributed by atoms with Crippen LogP contribution in [0.4, 0.5) is 4.39 Å². The van der Waals surface area contributed by atoms with Crippen LogP contribution >= 0.6 is 0 Å². The molecule has 2 aromatic rings. The van der Waals surface area contributed by atoms with E-state index in [4.69, 9.17) is 0 Å². The molecule has 1 aromatic carbocycles. The molecule has 1 heterocycles. The molecular weight excluding hydrogens is 251 g/mol. The zero-order valence-electron chi connectivity index (χ0n) is 10.4. The van der Waals surface area contributed by atoms with Crippen LogP contribution in [0.15, 0.2) is 40.1 Å². The summed E-state index contributed by atoms with van der Waals surface area (Å²) in [5.41, 5.74) is -0.815. The second kappa shape index (κ2) is 4.64. The van der Waals surface area contributed by atoms with Gasteiger partial charge < -0.3 is 0 Å². The van der Waals surface area contributed by atoms with Crippen LogP contribution in [-0.4, -0.2) is 15.0 Å². The molecule has 0 saturated carbocycles. The fraction of sp³-hybridized carbons (Fsp3) is 0.154. The SMILES string of the molecule is CC(=O)n1cc(F)c(=O)n(-c2ccc(C)cc2)c1=O. The first-order chi connectivity index (χ1) is 8.91. The molecule has 1 aromatic heterocycles. The first-order valence-corrected chi connectivity index (χ1v) is 5.54. The molecule has 98 valence electrons. The highest BCUT2D eigenvalue weighted by atomic mass is 19.1. The van der Waals surface area contributed by atoms with Gasteiger partial charge >= 0.3 is 5.69 Å². The van der Waals surface area contributed by atoms with Crippen LogP contribution in [0.3, 0.4) is 0 Å². The van der Waals surface area contributed by atoms with Crippen molar-refractivity contribution in [1.82, 2.24) is 9.13 Å². The van der Waals surface area contributed by atoms with Gasteiger partial charge in [-0.1, -0.05) is 17.7 Å². The summed E-state index contributed by atoms with van der Waals surface area (Å²) in [6, 6.07) is 6.40. The number of hydrogen-bond acceptors (Lipinski definition) is 3. The Bertz CT molecular complexity index is 757.